The van der Waals surface area contributed by atoms with Crippen molar-refractivity contribution in [2.45, 2.75) is 38.2 Å². The summed E-state index contributed by atoms with van der Waals surface area (Å²) in [5.74, 6) is 0.515. The normalized spacial score (nSPS) is 15.9. The van der Waals surface area contributed by atoms with Gasteiger partial charge in [-0.15, -0.1) is 0 Å². The summed E-state index contributed by atoms with van der Waals surface area (Å²) < 4.78 is 32.8. The van der Waals surface area contributed by atoms with E-state index < -0.39 is 10.0 Å². The maximum absolute atomic E-state index is 12.8. The average molecular weight is 494 g/mol. The molecule has 1 aromatic heterocycles. The lowest BCUT2D eigenvalue weighted by atomic mass is 9.96. The van der Waals surface area contributed by atoms with Crippen molar-refractivity contribution in [1.29, 1.82) is 0 Å². The lowest BCUT2D eigenvalue weighted by Crippen LogP contribution is -2.43. The van der Waals surface area contributed by atoms with Crippen molar-refractivity contribution >= 4 is 15.9 Å². The fourth-order valence-corrected chi connectivity index (χ4v) is 5.75. The predicted molar refractivity (Wildman–Crippen MR) is 135 cm³/mol. The molecule has 3 aromatic rings. The van der Waals surface area contributed by atoms with Crippen molar-refractivity contribution in [3.05, 3.63) is 95.8 Å². The van der Waals surface area contributed by atoms with E-state index in [0.717, 1.165) is 22.4 Å². The van der Waals surface area contributed by atoms with Crippen LogP contribution in [0.15, 0.2) is 79.1 Å². The lowest BCUT2D eigenvalue weighted by molar-refractivity contribution is -0.126. The number of piperidine rings is 1. The van der Waals surface area contributed by atoms with Crippen LogP contribution in [0.1, 0.15) is 42.5 Å². The molecule has 1 unspecified atom stereocenters. The summed E-state index contributed by atoms with van der Waals surface area (Å²) in [5, 5.41) is 3.08. The van der Waals surface area contributed by atoms with Crippen molar-refractivity contribution in [2.24, 2.45) is 5.92 Å². The Kier molecular flexibility index (Phi) is 8.15. The largest absolute Gasteiger partial charge is 0.489 e. The first-order valence-corrected chi connectivity index (χ1v) is 13.5. The van der Waals surface area contributed by atoms with Gasteiger partial charge in [0.25, 0.3) is 0 Å². The quantitative estimate of drug-likeness (QED) is 0.485. The van der Waals surface area contributed by atoms with Crippen LogP contribution in [0, 0.1) is 5.92 Å². The molecule has 0 saturated carbocycles. The fraction of sp³-hybridized carbons (Fsp3) is 0.333. The highest BCUT2D eigenvalue weighted by atomic mass is 32.2. The van der Waals surface area contributed by atoms with Gasteiger partial charge in [-0.2, -0.15) is 0 Å². The molecule has 1 N–H and O–H groups in total. The van der Waals surface area contributed by atoms with Gasteiger partial charge in [0, 0.05) is 37.0 Å². The van der Waals surface area contributed by atoms with Gasteiger partial charge in [0.2, 0.25) is 15.9 Å². The van der Waals surface area contributed by atoms with Gasteiger partial charge < -0.3 is 10.1 Å². The zero-order chi connectivity index (χ0) is 24.7. The molecule has 1 atom stereocenters. The summed E-state index contributed by atoms with van der Waals surface area (Å²) in [6, 6.07) is 20.5. The maximum Gasteiger partial charge on any atom is 0.223 e. The molecule has 1 saturated heterocycles. The Morgan fingerprint density at radius 3 is 2.37 bits per heavy atom. The number of carbonyl (C=O) groups excluding carboxylic acids is 1. The predicted octanol–water partition coefficient (Wildman–Crippen LogP) is 4.08. The van der Waals surface area contributed by atoms with Crippen molar-refractivity contribution < 1.29 is 17.9 Å². The molecular formula is C27H31N3O4S. The van der Waals surface area contributed by atoms with Crippen LogP contribution in [0.2, 0.25) is 0 Å². The molecule has 35 heavy (non-hydrogen) atoms. The number of nitrogens with zero attached hydrogens (tertiary/aromatic N) is 2. The molecule has 8 heteroatoms. The molecule has 1 amide bonds. The second kappa shape index (κ2) is 11.5. The van der Waals surface area contributed by atoms with Crippen LogP contribution in [-0.2, 0) is 27.2 Å². The molecule has 2 aromatic carbocycles. The number of amides is 1. The molecule has 0 spiro atoms. The maximum atomic E-state index is 12.8. The Labute approximate surface area is 207 Å². The van der Waals surface area contributed by atoms with Crippen molar-refractivity contribution in [3.63, 3.8) is 0 Å². The molecule has 1 fully saturated rings. The zero-order valence-corrected chi connectivity index (χ0v) is 20.7. The van der Waals surface area contributed by atoms with Gasteiger partial charge in [0.05, 0.1) is 11.8 Å². The van der Waals surface area contributed by atoms with Crippen LogP contribution < -0.4 is 10.1 Å². The van der Waals surface area contributed by atoms with Gasteiger partial charge in [-0.25, -0.2) is 12.7 Å². The van der Waals surface area contributed by atoms with E-state index in [-0.39, 0.29) is 23.6 Å². The van der Waals surface area contributed by atoms with E-state index in [2.05, 4.69) is 10.3 Å². The third-order valence-corrected chi connectivity index (χ3v) is 8.13. The minimum absolute atomic E-state index is 0.0102. The van der Waals surface area contributed by atoms with E-state index in [1.54, 1.807) is 12.4 Å². The Balaban J connectivity index is 1.24. The lowest BCUT2D eigenvalue weighted by Gasteiger charge is -2.31. The Bertz CT molecular complexity index is 1190. The second-order valence-corrected chi connectivity index (χ2v) is 10.8. The number of sulfonamides is 1. The van der Waals surface area contributed by atoms with Crippen LogP contribution in [0.5, 0.6) is 5.75 Å². The third kappa shape index (κ3) is 6.90. The highest BCUT2D eigenvalue weighted by Crippen LogP contribution is 2.24. The van der Waals surface area contributed by atoms with Gasteiger partial charge in [0.1, 0.15) is 12.4 Å². The van der Waals surface area contributed by atoms with E-state index in [1.165, 1.54) is 4.31 Å². The highest BCUT2D eigenvalue weighted by molar-refractivity contribution is 7.88. The smallest absolute Gasteiger partial charge is 0.223 e. The molecule has 1 aliphatic rings. The van der Waals surface area contributed by atoms with Crippen molar-refractivity contribution in [1.82, 2.24) is 14.6 Å². The SMILES string of the molecule is CC(NC(=O)C1CCN(S(=O)(=O)Cc2ccccc2)CC1)c1ccc(OCc2cccnc2)cc1. The first kappa shape index (κ1) is 24.9. The molecule has 7 nitrogen and oxygen atoms in total. The van der Waals surface area contributed by atoms with Crippen LogP contribution in [0.3, 0.4) is 0 Å². The minimum Gasteiger partial charge on any atom is -0.489 e. The standard InChI is InChI=1S/C27H31N3O4S/c1-21(24-9-11-26(12-10-24)34-19-23-8-5-15-28-18-23)29-27(31)25-13-16-30(17-14-25)35(32,33)20-22-6-3-2-4-7-22/h2-12,15,18,21,25H,13-14,16-17,19-20H2,1H3,(H,29,31). The van der Waals surface area contributed by atoms with Gasteiger partial charge in [-0.1, -0.05) is 48.5 Å². The number of carbonyl (C=O) groups is 1. The summed E-state index contributed by atoms with van der Waals surface area (Å²) >= 11 is 0. The molecule has 0 aliphatic carbocycles. The molecular weight excluding hydrogens is 462 g/mol. The summed E-state index contributed by atoms with van der Waals surface area (Å²) in [6.07, 6.45) is 4.54. The zero-order valence-electron chi connectivity index (χ0n) is 19.8. The van der Waals surface area contributed by atoms with Gasteiger partial charge in [-0.05, 0) is 49.1 Å². The van der Waals surface area contributed by atoms with Gasteiger partial charge >= 0.3 is 0 Å². The van der Waals surface area contributed by atoms with Crippen molar-refractivity contribution in [2.75, 3.05) is 13.1 Å². The van der Waals surface area contributed by atoms with Crippen LogP contribution in [0.25, 0.3) is 0 Å². The minimum atomic E-state index is -3.39. The number of rotatable bonds is 9. The van der Waals surface area contributed by atoms with Crippen molar-refractivity contribution in [3.8, 4) is 5.75 Å². The Morgan fingerprint density at radius 1 is 1.03 bits per heavy atom. The van der Waals surface area contributed by atoms with Gasteiger partial charge in [0.15, 0.2) is 0 Å². The molecule has 1 aliphatic heterocycles. The topological polar surface area (TPSA) is 88.6 Å². The third-order valence-electron chi connectivity index (χ3n) is 6.28. The molecule has 2 heterocycles. The number of pyridine rings is 1. The van der Waals surface area contributed by atoms with E-state index in [0.29, 0.717) is 32.5 Å². The molecule has 184 valence electrons. The summed E-state index contributed by atoms with van der Waals surface area (Å²) in [6.45, 7) is 3.12. The van der Waals surface area contributed by atoms with E-state index >= 15 is 0 Å². The van der Waals surface area contributed by atoms with E-state index in [1.807, 2.05) is 73.7 Å². The molecule has 4 rings (SSSR count). The summed E-state index contributed by atoms with van der Waals surface area (Å²) in [7, 11) is -3.39. The van der Waals surface area contributed by atoms with Gasteiger partial charge in [-0.3, -0.25) is 9.78 Å². The number of hydrogen-bond donors (Lipinski definition) is 1. The Morgan fingerprint density at radius 2 is 1.71 bits per heavy atom. The van der Waals surface area contributed by atoms with E-state index in [4.69, 9.17) is 4.74 Å². The molecule has 0 bridgehead atoms. The Hall–Kier alpha value is -3.23. The molecule has 0 radical (unpaired) electrons. The number of benzene rings is 2. The first-order valence-electron chi connectivity index (χ1n) is 11.8. The fourth-order valence-electron chi connectivity index (χ4n) is 4.19. The summed E-state index contributed by atoms with van der Waals surface area (Å²) in [4.78, 5) is 16.9. The van der Waals surface area contributed by atoms with E-state index in [9.17, 15) is 13.2 Å². The van der Waals surface area contributed by atoms with Crippen LogP contribution in [0.4, 0.5) is 0 Å². The first-order chi connectivity index (χ1) is 16.9. The number of nitrogens with one attached hydrogen (secondary N) is 1. The van der Waals surface area contributed by atoms with Crippen LogP contribution >= 0.6 is 0 Å². The number of aromatic nitrogens is 1. The highest BCUT2D eigenvalue weighted by Gasteiger charge is 2.31. The monoisotopic (exact) mass is 493 g/mol. The summed E-state index contributed by atoms with van der Waals surface area (Å²) in [5.41, 5.74) is 2.75. The average Bonchev–Trinajstić information content (AvgIpc) is 2.89. The number of ether oxygens (including phenoxy) is 1. The number of hydrogen-bond acceptors (Lipinski definition) is 5. The van der Waals surface area contributed by atoms with Crippen LogP contribution in [-0.4, -0.2) is 36.7 Å². The second-order valence-electron chi connectivity index (χ2n) is 8.86.